The van der Waals surface area contributed by atoms with Gasteiger partial charge in [0.1, 0.15) is 5.54 Å². The third-order valence-corrected chi connectivity index (χ3v) is 5.37. The van der Waals surface area contributed by atoms with E-state index in [1.165, 1.54) is 24.7 Å². The molecule has 2 aliphatic rings. The Morgan fingerprint density at radius 1 is 1.08 bits per heavy atom. The Hall–Kier alpha value is -3.16. The van der Waals surface area contributed by atoms with Gasteiger partial charge >= 0.3 is 11.7 Å². The number of rotatable bonds is 2. The van der Waals surface area contributed by atoms with Crippen LogP contribution in [0, 0.1) is 0 Å². The third-order valence-electron chi connectivity index (χ3n) is 5.37. The lowest BCUT2D eigenvalue weighted by atomic mass is 9.92. The molecule has 4 rings (SSSR count). The number of benzene rings is 1. The Morgan fingerprint density at radius 3 is 2.58 bits per heavy atom. The molecule has 3 amide bonds. The van der Waals surface area contributed by atoms with Crippen molar-refractivity contribution in [3.8, 4) is 0 Å². The minimum atomic E-state index is -1.05. The summed E-state index contributed by atoms with van der Waals surface area (Å²) in [4.78, 5) is 50.7. The van der Waals surface area contributed by atoms with Gasteiger partial charge in [0.05, 0.1) is 6.54 Å². The van der Waals surface area contributed by atoms with Crippen LogP contribution in [0.15, 0.2) is 39.9 Å². The van der Waals surface area contributed by atoms with Crippen LogP contribution in [0.4, 0.5) is 4.79 Å². The standard InChI is InChI=1S/C18H18N4O4/c1-20-12(9-14(23)21(2)17(20)26)10-22-15(24)18(19-16(22)25)8-7-11-5-3-4-6-13(11)18/h3-6,9H,7-8,10H2,1-2H3,(H,19,25). The van der Waals surface area contributed by atoms with Crippen LogP contribution in [-0.4, -0.2) is 26.0 Å². The molecular weight excluding hydrogens is 336 g/mol. The van der Waals surface area contributed by atoms with Crippen LogP contribution in [-0.2, 0) is 37.4 Å². The van der Waals surface area contributed by atoms with Crippen LogP contribution in [0.5, 0.6) is 0 Å². The summed E-state index contributed by atoms with van der Waals surface area (Å²) in [5.41, 5.74) is 0.149. The molecule has 1 atom stereocenters. The Kier molecular flexibility index (Phi) is 3.40. The molecule has 1 aliphatic heterocycles. The van der Waals surface area contributed by atoms with Gasteiger partial charge in [-0.15, -0.1) is 0 Å². The summed E-state index contributed by atoms with van der Waals surface area (Å²) in [7, 11) is 2.89. The molecule has 1 fully saturated rings. The van der Waals surface area contributed by atoms with Gasteiger partial charge < -0.3 is 5.32 Å². The third kappa shape index (κ3) is 2.08. The highest BCUT2D eigenvalue weighted by Gasteiger charge is 2.55. The van der Waals surface area contributed by atoms with Crippen molar-refractivity contribution in [3.63, 3.8) is 0 Å². The Labute approximate surface area is 148 Å². The number of carbonyl (C=O) groups is 2. The molecule has 8 nitrogen and oxygen atoms in total. The van der Waals surface area contributed by atoms with E-state index in [0.29, 0.717) is 18.5 Å². The van der Waals surface area contributed by atoms with Crippen molar-refractivity contribution in [2.45, 2.75) is 24.9 Å². The van der Waals surface area contributed by atoms with E-state index in [1.807, 2.05) is 24.3 Å². The molecule has 134 valence electrons. The molecular formula is C18H18N4O4. The summed E-state index contributed by atoms with van der Waals surface area (Å²) in [6.45, 7) is -0.129. The fourth-order valence-corrected chi connectivity index (χ4v) is 3.83. The molecule has 26 heavy (non-hydrogen) atoms. The predicted molar refractivity (Wildman–Crippen MR) is 92.4 cm³/mol. The minimum absolute atomic E-state index is 0.129. The zero-order valence-corrected chi connectivity index (χ0v) is 14.5. The summed E-state index contributed by atoms with van der Waals surface area (Å²) >= 11 is 0. The van der Waals surface area contributed by atoms with E-state index < -0.39 is 22.8 Å². The number of hydrogen-bond acceptors (Lipinski definition) is 4. The number of imide groups is 1. The summed E-state index contributed by atoms with van der Waals surface area (Å²) < 4.78 is 2.25. The molecule has 1 spiro atoms. The molecule has 1 saturated heterocycles. The average molecular weight is 354 g/mol. The van der Waals surface area contributed by atoms with Crippen LogP contribution < -0.4 is 16.6 Å². The quantitative estimate of drug-likeness (QED) is 0.767. The normalized spacial score (nSPS) is 21.4. The minimum Gasteiger partial charge on any atom is -0.319 e. The van der Waals surface area contributed by atoms with E-state index in [2.05, 4.69) is 5.32 Å². The Balaban J connectivity index is 1.73. The number of nitrogens with one attached hydrogen (secondary N) is 1. The highest BCUT2D eigenvalue weighted by Crippen LogP contribution is 2.41. The monoisotopic (exact) mass is 354 g/mol. The number of carbonyl (C=O) groups excluding carboxylic acids is 2. The van der Waals surface area contributed by atoms with Gasteiger partial charge in [-0.2, -0.15) is 0 Å². The van der Waals surface area contributed by atoms with Crippen molar-refractivity contribution < 1.29 is 9.59 Å². The number of hydrogen-bond donors (Lipinski definition) is 1. The van der Waals surface area contributed by atoms with Crippen LogP contribution in [0.1, 0.15) is 23.2 Å². The summed E-state index contributed by atoms with van der Waals surface area (Å²) in [5.74, 6) is -0.347. The maximum atomic E-state index is 13.1. The first-order valence-electron chi connectivity index (χ1n) is 8.33. The lowest BCUT2D eigenvalue weighted by Crippen LogP contribution is -2.42. The van der Waals surface area contributed by atoms with Gasteiger partial charge in [-0.05, 0) is 24.0 Å². The van der Waals surface area contributed by atoms with Gasteiger partial charge in [0.25, 0.3) is 11.5 Å². The highest BCUT2D eigenvalue weighted by atomic mass is 16.2. The lowest BCUT2D eigenvalue weighted by molar-refractivity contribution is -0.132. The second-order valence-electron chi connectivity index (χ2n) is 6.76. The number of nitrogens with zero attached hydrogens (tertiary/aromatic N) is 3. The number of aromatic nitrogens is 2. The largest absolute Gasteiger partial charge is 0.330 e. The smallest absolute Gasteiger partial charge is 0.319 e. The lowest BCUT2D eigenvalue weighted by Gasteiger charge is -2.22. The fourth-order valence-electron chi connectivity index (χ4n) is 3.83. The van der Waals surface area contributed by atoms with Crippen LogP contribution >= 0.6 is 0 Å². The average Bonchev–Trinajstić information content (AvgIpc) is 3.11. The number of fused-ring (bicyclic) bond motifs is 2. The van der Waals surface area contributed by atoms with Crippen LogP contribution in [0.25, 0.3) is 0 Å². The van der Waals surface area contributed by atoms with Gasteiger partial charge in [-0.1, -0.05) is 24.3 Å². The molecule has 0 saturated carbocycles. The summed E-state index contributed by atoms with van der Waals surface area (Å²) in [5, 5.41) is 2.83. The molecule has 0 radical (unpaired) electrons. The predicted octanol–water partition coefficient (Wildman–Crippen LogP) is -0.0225. The molecule has 2 aromatic rings. The molecule has 2 heterocycles. The molecule has 1 N–H and O–H groups in total. The Morgan fingerprint density at radius 2 is 1.81 bits per heavy atom. The zero-order chi connectivity index (χ0) is 18.6. The topological polar surface area (TPSA) is 93.4 Å². The van der Waals surface area contributed by atoms with Crippen molar-refractivity contribution in [1.82, 2.24) is 19.4 Å². The highest BCUT2D eigenvalue weighted by molar-refractivity contribution is 6.08. The van der Waals surface area contributed by atoms with Gasteiger partial charge in [-0.25, -0.2) is 9.59 Å². The maximum absolute atomic E-state index is 13.1. The Bertz CT molecular complexity index is 1070. The fraction of sp³-hybridized carbons (Fsp3) is 0.333. The van der Waals surface area contributed by atoms with Gasteiger partial charge in [-0.3, -0.25) is 23.6 Å². The molecule has 1 aromatic carbocycles. The van der Waals surface area contributed by atoms with E-state index >= 15 is 0 Å². The molecule has 1 aliphatic carbocycles. The zero-order valence-electron chi connectivity index (χ0n) is 14.5. The van der Waals surface area contributed by atoms with Crippen molar-refractivity contribution in [1.29, 1.82) is 0 Å². The summed E-state index contributed by atoms with van der Waals surface area (Å²) in [6.07, 6.45) is 1.21. The second-order valence-corrected chi connectivity index (χ2v) is 6.76. The van der Waals surface area contributed by atoms with E-state index in [-0.39, 0.29) is 12.5 Å². The number of aryl methyl sites for hydroxylation is 1. The van der Waals surface area contributed by atoms with Gasteiger partial charge in [0, 0.05) is 25.9 Å². The van der Waals surface area contributed by atoms with Gasteiger partial charge in [0.15, 0.2) is 0 Å². The molecule has 0 bridgehead atoms. The second kappa shape index (κ2) is 5.42. The van der Waals surface area contributed by atoms with Crippen molar-refractivity contribution in [3.05, 3.63) is 68.0 Å². The van der Waals surface area contributed by atoms with Crippen LogP contribution in [0.3, 0.4) is 0 Å². The van der Waals surface area contributed by atoms with Crippen molar-refractivity contribution in [2.75, 3.05) is 0 Å². The van der Waals surface area contributed by atoms with Crippen molar-refractivity contribution in [2.24, 2.45) is 14.1 Å². The van der Waals surface area contributed by atoms with E-state index in [0.717, 1.165) is 20.6 Å². The first kappa shape index (κ1) is 16.3. The molecule has 1 aromatic heterocycles. The molecule has 1 unspecified atom stereocenters. The first-order valence-corrected chi connectivity index (χ1v) is 8.33. The number of amides is 3. The van der Waals surface area contributed by atoms with Crippen molar-refractivity contribution >= 4 is 11.9 Å². The summed E-state index contributed by atoms with van der Waals surface area (Å²) in [6, 6.07) is 8.33. The van der Waals surface area contributed by atoms with Gasteiger partial charge in [0.2, 0.25) is 0 Å². The van der Waals surface area contributed by atoms with E-state index in [9.17, 15) is 19.2 Å². The maximum Gasteiger partial charge on any atom is 0.330 e. The molecule has 8 heteroatoms. The van der Waals surface area contributed by atoms with E-state index in [4.69, 9.17) is 0 Å². The SMILES string of the molecule is Cn1c(CN2C(=O)NC3(CCc4ccccc43)C2=O)cc(=O)n(C)c1=O. The van der Waals surface area contributed by atoms with Crippen LogP contribution in [0.2, 0.25) is 0 Å². The number of urea groups is 1. The first-order chi connectivity index (χ1) is 12.3. The van der Waals surface area contributed by atoms with E-state index in [1.54, 1.807) is 0 Å².